The number of hydrogen-bond donors (Lipinski definition) is 0. The third kappa shape index (κ3) is 5.79. The molecule has 1 rings (SSSR count). The van der Waals surface area contributed by atoms with Crippen LogP contribution in [-0.2, 0) is 21.4 Å². The molecule has 0 saturated heterocycles. The molecule has 0 aliphatic rings. The van der Waals surface area contributed by atoms with Gasteiger partial charge in [-0.2, -0.15) is 27.8 Å². The summed E-state index contributed by atoms with van der Waals surface area (Å²) in [6.07, 6.45) is 0. The summed E-state index contributed by atoms with van der Waals surface area (Å²) in [6, 6.07) is 0. The Balaban J connectivity index is -0.000000114. The van der Waals surface area contributed by atoms with Gasteiger partial charge < -0.3 is 48.0 Å². The zero-order valence-corrected chi connectivity index (χ0v) is 14.9. The van der Waals surface area contributed by atoms with E-state index in [0.717, 1.165) is 0 Å². The molecule has 0 fully saturated rings. The average molecular weight is 476 g/mol. The Labute approximate surface area is 137 Å². The van der Waals surface area contributed by atoms with Gasteiger partial charge in [-0.1, -0.05) is 34.6 Å². The first-order valence-corrected chi connectivity index (χ1v) is 3.95. The molecule has 0 unspecified atom stereocenters. The summed E-state index contributed by atoms with van der Waals surface area (Å²) >= 11 is 0. The van der Waals surface area contributed by atoms with E-state index in [2.05, 4.69) is 41.3 Å². The van der Waals surface area contributed by atoms with Gasteiger partial charge >= 0.3 is 28.1 Å². The van der Waals surface area contributed by atoms with Crippen molar-refractivity contribution in [2.45, 2.75) is 34.6 Å². The molecule has 0 aromatic heterocycles. The zero-order valence-electron chi connectivity index (χ0n) is 9.50. The average Bonchev–Trinajstić information content (AvgIpc) is 2.27. The maximum absolute atomic E-state index is 7.50. The summed E-state index contributed by atoms with van der Waals surface area (Å²) < 4.78 is 7.50. The maximum Gasteiger partial charge on any atom is 3.00 e. The van der Waals surface area contributed by atoms with E-state index in [1.54, 1.807) is 0 Å². The van der Waals surface area contributed by atoms with Crippen LogP contribution in [0.3, 0.4) is 0 Å². The smallest absolute Gasteiger partial charge is 1.00 e. The minimum absolute atomic E-state index is 0. The molecular formula is C11H15CoI2O. The van der Waals surface area contributed by atoms with Crippen molar-refractivity contribution < 1.29 is 69.4 Å². The van der Waals surface area contributed by atoms with Gasteiger partial charge in [-0.3, -0.25) is 0 Å². The molecule has 0 bridgehead atoms. The van der Waals surface area contributed by atoms with E-state index >= 15 is 0 Å². The van der Waals surface area contributed by atoms with Crippen LogP contribution in [0.25, 0.3) is 0 Å². The molecule has 0 atom stereocenters. The Morgan fingerprint density at radius 2 is 1.07 bits per heavy atom. The van der Waals surface area contributed by atoms with Crippen molar-refractivity contribution in [3.8, 4) is 0 Å². The SMILES string of the molecule is Cc1c(C)c(C)[c-](C)c1C.[C-]#[O+].[Co+3].[I-].[I-]. The van der Waals surface area contributed by atoms with Crippen molar-refractivity contribution >= 4 is 0 Å². The molecular weight excluding hydrogens is 461 g/mol. The van der Waals surface area contributed by atoms with Gasteiger partial charge in [0.15, 0.2) is 0 Å². The van der Waals surface area contributed by atoms with E-state index in [0.29, 0.717) is 0 Å². The van der Waals surface area contributed by atoms with Gasteiger partial charge in [-0.05, 0) is 0 Å². The van der Waals surface area contributed by atoms with Crippen LogP contribution in [0.15, 0.2) is 0 Å². The molecule has 0 aliphatic carbocycles. The van der Waals surface area contributed by atoms with Gasteiger partial charge in [0.25, 0.3) is 0 Å². The third-order valence-electron chi connectivity index (χ3n) is 2.81. The van der Waals surface area contributed by atoms with Gasteiger partial charge in [-0.25, -0.2) is 0 Å². The van der Waals surface area contributed by atoms with Crippen molar-refractivity contribution in [3.63, 3.8) is 0 Å². The molecule has 0 radical (unpaired) electrons. The monoisotopic (exact) mass is 476 g/mol. The standard InChI is InChI=1S/C10H15.CO.Co.2HI/c1-6-7(2)9(4)10(5)8(6)3;1-2;;;/h1-5H3;;;2*1H/q-1;;+3;;/p-2. The van der Waals surface area contributed by atoms with E-state index in [1.807, 2.05) is 0 Å². The number of halogens is 2. The third-order valence-corrected chi connectivity index (χ3v) is 2.81. The van der Waals surface area contributed by atoms with Crippen molar-refractivity contribution in [1.29, 1.82) is 0 Å². The van der Waals surface area contributed by atoms with Crippen LogP contribution < -0.4 is 48.0 Å². The quantitative estimate of drug-likeness (QED) is 0.215. The van der Waals surface area contributed by atoms with Crippen LogP contribution in [0.4, 0.5) is 0 Å². The minimum atomic E-state index is 0. The van der Waals surface area contributed by atoms with Crippen LogP contribution in [0, 0.1) is 41.3 Å². The minimum Gasteiger partial charge on any atom is -1.00 e. The van der Waals surface area contributed by atoms with Crippen molar-refractivity contribution in [2.75, 3.05) is 0 Å². The van der Waals surface area contributed by atoms with Crippen molar-refractivity contribution in [2.24, 2.45) is 0 Å². The van der Waals surface area contributed by atoms with Crippen molar-refractivity contribution in [3.05, 3.63) is 34.5 Å². The fourth-order valence-corrected chi connectivity index (χ4v) is 1.41. The first-order chi connectivity index (χ1) is 5.55. The Bertz CT molecular complexity index is 223. The fourth-order valence-electron chi connectivity index (χ4n) is 1.41. The predicted molar refractivity (Wildman–Crippen MR) is 49.6 cm³/mol. The molecule has 0 N–H and O–H groups in total. The van der Waals surface area contributed by atoms with Crippen LogP contribution >= 0.6 is 0 Å². The Morgan fingerprint density at radius 3 is 1.13 bits per heavy atom. The molecule has 0 heterocycles. The van der Waals surface area contributed by atoms with E-state index in [4.69, 9.17) is 4.65 Å². The molecule has 0 amide bonds. The van der Waals surface area contributed by atoms with Crippen molar-refractivity contribution in [1.82, 2.24) is 0 Å². The van der Waals surface area contributed by atoms with Crippen LogP contribution in [0.5, 0.6) is 0 Å². The number of rotatable bonds is 0. The first-order valence-electron chi connectivity index (χ1n) is 3.95. The summed E-state index contributed by atoms with van der Waals surface area (Å²) in [4.78, 5) is 0. The predicted octanol–water partition coefficient (Wildman–Crippen LogP) is -3.08. The summed E-state index contributed by atoms with van der Waals surface area (Å²) in [5.41, 5.74) is 7.34. The molecule has 4 heteroatoms. The summed E-state index contributed by atoms with van der Waals surface area (Å²) in [6.45, 7) is 15.5. The largest absolute Gasteiger partial charge is 3.00 e. The normalized spacial score (nSPS) is 7.13. The Kier molecular flexibility index (Phi) is 19.3. The van der Waals surface area contributed by atoms with Gasteiger partial charge in [0, 0.05) is 0 Å². The summed E-state index contributed by atoms with van der Waals surface area (Å²) in [5, 5.41) is 0. The molecule has 1 nitrogen and oxygen atoms in total. The van der Waals surface area contributed by atoms with E-state index in [-0.39, 0.29) is 64.7 Å². The second-order valence-corrected chi connectivity index (χ2v) is 3.12. The molecule has 1 aromatic rings. The van der Waals surface area contributed by atoms with Gasteiger partial charge in [0.2, 0.25) is 0 Å². The van der Waals surface area contributed by atoms with Crippen LogP contribution in [0.2, 0.25) is 0 Å². The van der Waals surface area contributed by atoms with Gasteiger partial charge in [0.05, 0.1) is 0 Å². The van der Waals surface area contributed by atoms with E-state index in [1.165, 1.54) is 27.8 Å². The molecule has 0 spiro atoms. The zero-order chi connectivity index (χ0) is 9.89. The molecule has 0 saturated carbocycles. The summed E-state index contributed by atoms with van der Waals surface area (Å²) in [5.74, 6) is 0. The second kappa shape index (κ2) is 11.5. The Hall–Kier alpha value is 1.06. The van der Waals surface area contributed by atoms with Crippen LogP contribution in [0.1, 0.15) is 27.8 Å². The summed E-state index contributed by atoms with van der Waals surface area (Å²) in [7, 11) is 0. The number of hydrogen-bond acceptors (Lipinski definition) is 0. The fraction of sp³-hybridized carbons (Fsp3) is 0.455. The first kappa shape index (κ1) is 25.0. The molecule has 1 aromatic carbocycles. The van der Waals surface area contributed by atoms with Crippen LogP contribution in [-0.4, -0.2) is 0 Å². The molecule has 0 aliphatic heterocycles. The Morgan fingerprint density at radius 1 is 0.867 bits per heavy atom. The second-order valence-electron chi connectivity index (χ2n) is 3.12. The molecule has 88 valence electrons. The molecule has 15 heavy (non-hydrogen) atoms. The van der Waals surface area contributed by atoms with Gasteiger partial charge in [0.1, 0.15) is 0 Å². The van der Waals surface area contributed by atoms with E-state index < -0.39 is 0 Å². The maximum atomic E-state index is 7.50. The van der Waals surface area contributed by atoms with E-state index in [9.17, 15) is 0 Å². The topological polar surface area (TPSA) is 19.9 Å². The van der Waals surface area contributed by atoms with Gasteiger partial charge in [-0.15, -0.1) is 0 Å².